The molecule has 0 atom stereocenters. The zero-order chi connectivity index (χ0) is 15.4. The van der Waals surface area contributed by atoms with Crippen LogP contribution in [0.1, 0.15) is 28.5 Å². The number of nitrogens with zero attached hydrogens (tertiary/aromatic N) is 2. The second kappa shape index (κ2) is 6.57. The Bertz CT molecular complexity index is 738. The zero-order valence-corrected chi connectivity index (χ0v) is 12.7. The second-order valence-electron chi connectivity index (χ2n) is 4.28. The van der Waals surface area contributed by atoms with Crippen LogP contribution in [0.4, 0.5) is 5.69 Å². The molecule has 1 aromatic heterocycles. The summed E-state index contributed by atoms with van der Waals surface area (Å²) < 4.78 is 0. The number of aryl methyl sites for hydroxylation is 1. The van der Waals surface area contributed by atoms with Crippen LogP contribution in [-0.2, 0) is 6.42 Å². The van der Waals surface area contributed by atoms with Crippen LogP contribution in [0.15, 0.2) is 30.3 Å². The van der Waals surface area contributed by atoms with Gasteiger partial charge in [0.15, 0.2) is 0 Å². The highest BCUT2D eigenvalue weighted by Gasteiger charge is 2.10. The zero-order valence-electron chi connectivity index (χ0n) is 11.2. The molecule has 6 heteroatoms. The van der Waals surface area contributed by atoms with Crippen LogP contribution >= 0.6 is 23.2 Å². The number of nitriles is 1. The standard InChI is InChI=1S/C15H11Cl2N3O/c1-2-11-5-9(7-14(17)19-11)15(21)20-12-3-4-13(16)10(6-12)8-18/h3-7H,2H2,1H3,(H,20,21). The molecule has 0 saturated heterocycles. The highest BCUT2D eigenvalue weighted by atomic mass is 35.5. The number of halogens is 2. The number of carbonyl (C=O) groups excluding carboxylic acids is 1. The normalized spacial score (nSPS) is 10.0. The lowest BCUT2D eigenvalue weighted by Gasteiger charge is -2.07. The number of carbonyl (C=O) groups is 1. The summed E-state index contributed by atoms with van der Waals surface area (Å²) in [5, 5.41) is 12.2. The number of nitrogens with one attached hydrogen (secondary N) is 1. The van der Waals surface area contributed by atoms with Gasteiger partial charge in [-0.05, 0) is 36.8 Å². The smallest absolute Gasteiger partial charge is 0.255 e. The van der Waals surface area contributed by atoms with Gasteiger partial charge in [-0.2, -0.15) is 5.26 Å². The van der Waals surface area contributed by atoms with Gasteiger partial charge in [0.25, 0.3) is 5.91 Å². The highest BCUT2D eigenvalue weighted by molar-refractivity contribution is 6.32. The molecule has 0 saturated carbocycles. The van der Waals surface area contributed by atoms with Gasteiger partial charge in [0.05, 0.1) is 10.6 Å². The van der Waals surface area contributed by atoms with Crippen LogP contribution in [0.25, 0.3) is 0 Å². The first-order valence-electron chi connectivity index (χ1n) is 6.21. The van der Waals surface area contributed by atoms with E-state index in [4.69, 9.17) is 28.5 Å². The van der Waals surface area contributed by atoms with Gasteiger partial charge < -0.3 is 5.32 Å². The quantitative estimate of drug-likeness (QED) is 0.867. The third kappa shape index (κ3) is 3.72. The van der Waals surface area contributed by atoms with Gasteiger partial charge in [-0.1, -0.05) is 30.1 Å². The number of hydrogen-bond acceptors (Lipinski definition) is 3. The average molecular weight is 320 g/mol. The summed E-state index contributed by atoms with van der Waals surface area (Å²) in [5.41, 5.74) is 1.95. The van der Waals surface area contributed by atoms with Crippen molar-refractivity contribution in [3.05, 3.63) is 57.3 Å². The van der Waals surface area contributed by atoms with E-state index in [1.165, 1.54) is 12.1 Å². The maximum Gasteiger partial charge on any atom is 0.255 e. The summed E-state index contributed by atoms with van der Waals surface area (Å²) in [7, 11) is 0. The number of anilines is 1. The van der Waals surface area contributed by atoms with Gasteiger partial charge in [-0.3, -0.25) is 4.79 Å². The van der Waals surface area contributed by atoms with Gasteiger partial charge in [-0.15, -0.1) is 0 Å². The Morgan fingerprint density at radius 1 is 1.33 bits per heavy atom. The maximum absolute atomic E-state index is 12.2. The van der Waals surface area contributed by atoms with Crippen LogP contribution in [-0.4, -0.2) is 10.9 Å². The molecule has 0 aliphatic heterocycles. The molecule has 0 radical (unpaired) electrons. The molecule has 2 rings (SSSR count). The van der Waals surface area contributed by atoms with Gasteiger partial charge >= 0.3 is 0 Å². The second-order valence-corrected chi connectivity index (χ2v) is 5.08. The summed E-state index contributed by atoms with van der Waals surface area (Å²) in [5.74, 6) is -0.319. The number of amides is 1. The minimum atomic E-state index is -0.319. The summed E-state index contributed by atoms with van der Waals surface area (Å²) in [4.78, 5) is 16.3. The lowest BCUT2D eigenvalue weighted by atomic mass is 10.1. The van der Waals surface area contributed by atoms with Crippen molar-refractivity contribution in [3.63, 3.8) is 0 Å². The van der Waals surface area contributed by atoms with Gasteiger partial charge in [0.2, 0.25) is 0 Å². The van der Waals surface area contributed by atoms with E-state index < -0.39 is 0 Å². The van der Waals surface area contributed by atoms with E-state index in [-0.39, 0.29) is 11.1 Å². The molecule has 0 aliphatic carbocycles. The molecule has 1 aromatic carbocycles. The monoisotopic (exact) mass is 319 g/mol. The van der Waals surface area contributed by atoms with Crippen molar-refractivity contribution in [2.75, 3.05) is 5.32 Å². The van der Waals surface area contributed by atoms with Crippen molar-refractivity contribution in [1.82, 2.24) is 4.98 Å². The van der Waals surface area contributed by atoms with E-state index in [1.807, 2.05) is 13.0 Å². The van der Waals surface area contributed by atoms with Crippen LogP contribution in [0.3, 0.4) is 0 Å². The highest BCUT2D eigenvalue weighted by Crippen LogP contribution is 2.20. The minimum absolute atomic E-state index is 0.272. The number of benzene rings is 1. The van der Waals surface area contributed by atoms with E-state index >= 15 is 0 Å². The Balaban J connectivity index is 2.26. The molecule has 0 unspecified atom stereocenters. The molecule has 21 heavy (non-hydrogen) atoms. The molecular formula is C15H11Cl2N3O. The maximum atomic E-state index is 12.2. The topological polar surface area (TPSA) is 65.8 Å². The Kier molecular flexibility index (Phi) is 4.79. The van der Waals surface area contributed by atoms with Gasteiger partial charge in [0, 0.05) is 16.9 Å². The Labute approximate surface area is 132 Å². The van der Waals surface area contributed by atoms with Crippen LogP contribution < -0.4 is 5.32 Å². The first kappa shape index (κ1) is 15.3. The fraction of sp³-hybridized carbons (Fsp3) is 0.133. The molecule has 0 spiro atoms. The fourth-order valence-electron chi connectivity index (χ4n) is 1.76. The molecule has 0 aliphatic rings. The predicted molar refractivity (Wildman–Crippen MR) is 82.7 cm³/mol. The molecule has 1 heterocycles. The summed E-state index contributed by atoms with van der Waals surface area (Å²) >= 11 is 11.7. The molecule has 0 bridgehead atoms. The van der Waals surface area contributed by atoms with Crippen LogP contribution in [0.5, 0.6) is 0 Å². The minimum Gasteiger partial charge on any atom is -0.322 e. The van der Waals surface area contributed by atoms with Crippen LogP contribution in [0.2, 0.25) is 10.2 Å². The van der Waals surface area contributed by atoms with Gasteiger partial charge in [-0.25, -0.2) is 4.98 Å². The van der Waals surface area contributed by atoms with E-state index in [0.29, 0.717) is 28.3 Å². The average Bonchev–Trinajstić information content (AvgIpc) is 2.48. The van der Waals surface area contributed by atoms with Crippen molar-refractivity contribution in [2.24, 2.45) is 0 Å². The van der Waals surface area contributed by atoms with Crippen molar-refractivity contribution in [2.45, 2.75) is 13.3 Å². The molecule has 4 nitrogen and oxygen atoms in total. The number of aromatic nitrogens is 1. The third-order valence-corrected chi connectivity index (χ3v) is 3.34. The van der Waals surface area contributed by atoms with Crippen molar-refractivity contribution < 1.29 is 4.79 Å². The molecule has 1 N–H and O–H groups in total. The molecule has 1 amide bonds. The molecular weight excluding hydrogens is 309 g/mol. The SMILES string of the molecule is CCc1cc(C(=O)Nc2ccc(Cl)c(C#N)c2)cc(Cl)n1. The molecule has 0 fully saturated rings. The third-order valence-electron chi connectivity index (χ3n) is 2.82. The molecule has 106 valence electrons. The number of rotatable bonds is 3. The van der Waals surface area contributed by atoms with Crippen molar-refractivity contribution in [3.8, 4) is 6.07 Å². The van der Waals surface area contributed by atoms with Gasteiger partial charge in [0.1, 0.15) is 11.2 Å². The lowest BCUT2D eigenvalue weighted by Crippen LogP contribution is -2.13. The number of pyridine rings is 1. The Hall–Kier alpha value is -2.09. The summed E-state index contributed by atoms with van der Waals surface area (Å²) in [6.07, 6.45) is 0.681. The predicted octanol–water partition coefficient (Wildman–Crippen LogP) is 4.07. The lowest BCUT2D eigenvalue weighted by molar-refractivity contribution is 0.102. The van der Waals surface area contributed by atoms with E-state index in [1.54, 1.807) is 18.2 Å². The number of hydrogen-bond donors (Lipinski definition) is 1. The van der Waals surface area contributed by atoms with E-state index in [2.05, 4.69) is 10.3 Å². The first-order valence-corrected chi connectivity index (χ1v) is 6.96. The van der Waals surface area contributed by atoms with E-state index in [0.717, 1.165) is 5.69 Å². The van der Waals surface area contributed by atoms with Crippen molar-refractivity contribution in [1.29, 1.82) is 5.26 Å². The van der Waals surface area contributed by atoms with E-state index in [9.17, 15) is 4.79 Å². The Morgan fingerprint density at radius 3 is 2.76 bits per heavy atom. The fourth-order valence-corrected chi connectivity index (χ4v) is 2.14. The van der Waals surface area contributed by atoms with Crippen LogP contribution in [0, 0.1) is 11.3 Å². The summed E-state index contributed by atoms with van der Waals surface area (Å²) in [6, 6.07) is 9.85. The largest absolute Gasteiger partial charge is 0.322 e. The Morgan fingerprint density at radius 2 is 2.10 bits per heavy atom. The summed E-state index contributed by atoms with van der Waals surface area (Å²) in [6.45, 7) is 1.93. The van der Waals surface area contributed by atoms with Crippen molar-refractivity contribution >= 4 is 34.8 Å². The first-order chi connectivity index (χ1) is 10.0. The molecule has 2 aromatic rings.